The van der Waals surface area contributed by atoms with E-state index in [4.69, 9.17) is 0 Å². The largest absolute Gasteiger partial charge is 0.289 e. The molecule has 3 aromatic rings. The molecular weight excluding hydrogens is 300 g/mol. The number of ketones is 1. The Labute approximate surface area is 141 Å². The molecule has 3 rings (SSSR count). The number of benzene rings is 3. The lowest BCUT2D eigenvalue weighted by Gasteiger charge is -2.12. The first kappa shape index (κ1) is 15.6. The molecule has 0 aliphatic heterocycles. The standard InChI is InChI=1S/C21H18OS/c1-15-13-18(20(22)17-9-5-3-6-10-17)14-16(2)21(15)23-19-11-7-4-8-12-19/h3-14H,1-2H3. The molecule has 0 unspecified atom stereocenters. The van der Waals surface area contributed by atoms with Crippen LogP contribution in [0.1, 0.15) is 27.0 Å². The van der Waals surface area contributed by atoms with Crippen LogP contribution in [0, 0.1) is 13.8 Å². The molecule has 114 valence electrons. The molecule has 0 fully saturated rings. The molecule has 0 aromatic heterocycles. The van der Waals surface area contributed by atoms with Crippen LogP contribution in [0.2, 0.25) is 0 Å². The minimum atomic E-state index is 0.0769. The number of hydrogen-bond donors (Lipinski definition) is 0. The van der Waals surface area contributed by atoms with Gasteiger partial charge in [0.25, 0.3) is 0 Å². The summed E-state index contributed by atoms with van der Waals surface area (Å²) in [5.74, 6) is 0.0769. The van der Waals surface area contributed by atoms with Gasteiger partial charge in [0, 0.05) is 20.9 Å². The molecule has 23 heavy (non-hydrogen) atoms. The van der Waals surface area contributed by atoms with Gasteiger partial charge in [-0.2, -0.15) is 0 Å². The topological polar surface area (TPSA) is 17.1 Å². The fraction of sp³-hybridized carbons (Fsp3) is 0.0952. The minimum absolute atomic E-state index is 0.0769. The highest BCUT2D eigenvalue weighted by atomic mass is 32.2. The van der Waals surface area contributed by atoms with Crippen LogP contribution in [0.3, 0.4) is 0 Å². The Hall–Kier alpha value is -2.32. The quantitative estimate of drug-likeness (QED) is 0.575. The van der Waals surface area contributed by atoms with Crippen LogP contribution < -0.4 is 0 Å². The van der Waals surface area contributed by atoms with Crippen molar-refractivity contribution in [3.63, 3.8) is 0 Å². The summed E-state index contributed by atoms with van der Waals surface area (Å²) in [7, 11) is 0. The second-order valence-electron chi connectivity index (χ2n) is 5.55. The van der Waals surface area contributed by atoms with Crippen molar-refractivity contribution in [1.29, 1.82) is 0 Å². The van der Waals surface area contributed by atoms with E-state index in [1.165, 1.54) is 9.79 Å². The van der Waals surface area contributed by atoms with Gasteiger partial charge in [-0.25, -0.2) is 0 Å². The first-order chi connectivity index (χ1) is 11.1. The molecule has 0 spiro atoms. The van der Waals surface area contributed by atoms with Crippen molar-refractivity contribution < 1.29 is 4.79 Å². The Bertz CT molecular complexity index is 800. The molecule has 0 bridgehead atoms. The minimum Gasteiger partial charge on any atom is -0.289 e. The van der Waals surface area contributed by atoms with Crippen molar-refractivity contribution in [2.45, 2.75) is 23.6 Å². The first-order valence-corrected chi connectivity index (χ1v) is 8.40. The van der Waals surface area contributed by atoms with Crippen molar-refractivity contribution in [1.82, 2.24) is 0 Å². The highest BCUT2D eigenvalue weighted by Gasteiger charge is 2.13. The fourth-order valence-electron chi connectivity index (χ4n) is 2.60. The lowest BCUT2D eigenvalue weighted by atomic mass is 9.99. The van der Waals surface area contributed by atoms with Crippen molar-refractivity contribution in [3.8, 4) is 0 Å². The molecule has 0 aliphatic carbocycles. The van der Waals surface area contributed by atoms with Gasteiger partial charge in [-0.05, 0) is 49.2 Å². The average Bonchev–Trinajstić information content (AvgIpc) is 2.59. The molecule has 0 atom stereocenters. The summed E-state index contributed by atoms with van der Waals surface area (Å²) in [5.41, 5.74) is 3.76. The van der Waals surface area contributed by atoms with Gasteiger partial charge in [-0.1, -0.05) is 60.3 Å². The van der Waals surface area contributed by atoms with E-state index < -0.39 is 0 Å². The van der Waals surface area contributed by atoms with E-state index in [9.17, 15) is 4.79 Å². The lowest BCUT2D eigenvalue weighted by molar-refractivity contribution is 0.103. The number of hydrogen-bond acceptors (Lipinski definition) is 2. The number of aryl methyl sites for hydroxylation is 2. The Balaban J connectivity index is 1.93. The van der Waals surface area contributed by atoms with Crippen LogP contribution in [0.4, 0.5) is 0 Å². The van der Waals surface area contributed by atoms with E-state index in [2.05, 4.69) is 26.0 Å². The summed E-state index contributed by atoms with van der Waals surface area (Å²) in [6, 6.07) is 23.7. The second-order valence-corrected chi connectivity index (χ2v) is 6.63. The van der Waals surface area contributed by atoms with Crippen molar-refractivity contribution >= 4 is 17.5 Å². The molecule has 0 heterocycles. The van der Waals surface area contributed by atoms with Crippen LogP contribution in [-0.2, 0) is 0 Å². The maximum absolute atomic E-state index is 12.6. The zero-order valence-electron chi connectivity index (χ0n) is 13.2. The van der Waals surface area contributed by atoms with E-state index in [1.807, 2.05) is 60.7 Å². The van der Waals surface area contributed by atoms with Crippen LogP contribution in [0.25, 0.3) is 0 Å². The summed E-state index contributed by atoms with van der Waals surface area (Å²) < 4.78 is 0. The van der Waals surface area contributed by atoms with Crippen LogP contribution in [0.5, 0.6) is 0 Å². The van der Waals surface area contributed by atoms with Gasteiger partial charge in [-0.3, -0.25) is 4.79 Å². The zero-order valence-corrected chi connectivity index (χ0v) is 14.1. The SMILES string of the molecule is Cc1cc(C(=O)c2ccccc2)cc(C)c1Sc1ccccc1. The molecule has 3 aromatic carbocycles. The van der Waals surface area contributed by atoms with Crippen molar-refractivity contribution in [2.75, 3.05) is 0 Å². The predicted octanol–water partition coefficient (Wildman–Crippen LogP) is 5.69. The summed E-state index contributed by atoms with van der Waals surface area (Å²) >= 11 is 1.75. The van der Waals surface area contributed by atoms with Crippen molar-refractivity contribution in [3.05, 3.63) is 95.1 Å². The smallest absolute Gasteiger partial charge is 0.193 e. The molecule has 0 saturated heterocycles. The third-order valence-corrected chi connectivity index (χ3v) is 5.08. The summed E-state index contributed by atoms with van der Waals surface area (Å²) in [4.78, 5) is 15.0. The second kappa shape index (κ2) is 6.84. The number of rotatable bonds is 4. The Morgan fingerprint density at radius 1 is 0.739 bits per heavy atom. The highest BCUT2D eigenvalue weighted by Crippen LogP contribution is 2.33. The molecule has 0 aliphatic rings. The third kappa shape index (κ3) is 3.54. The maximum atomic E-state index is 12.6. The van der Waals surface area contributed by atoms with E-state index in [1.54, 1.807) is 11.8 Å². The molecule has 0 radical (unpaired) electrons. The van der Waals surface area contributed by atoms with Gasteiger partial charge < -0.3 is 0 Å². The van der Waals surface area contributed by atoms with Crippen LogP contribution in [0.15, 0.2) is 82.6 Å². The average molecular weight is 318 g/mol. The Morgan fingerprint density at radius 2 is 1.26 bits per heavy atom. The van der Waals surface area contributed by atoms with Gasteiger partial charge in [0.1, 0.15) is 0 Å². The van der Waals surface area contributed by atoms with Crippen molar-refractivity contribution in [2.24, 2.45) is 0 Å². The molecule has 2 heteroatoms. The first-order valence-electron chi connectivity index (χ1n) is 7.59. The lowest BCUT2D eigenvalue weighted by Crippen LogP contribution is -2.03. The molecule has 0 saturated carbocycles. The van der Waals surface area contributed by atoms with Gasteiger partial charge in [-0.15, -0.1) is 0 Å². The molecule has 0 amide bonds. The van der Waals surface area contributed by atoms with Gasteiger partial charge >= 0.3 is 0 Å². The highest BCUT2D eigenvalue weighted by molar-refractivity contribution is 7.99. The summed E-state index contributed by atoms with van der Waals surface area (Å²) in [6.07, 6.45) is 0. The zero-order chi connectivity index (χ0) is 16.2. The normalized spacial score (nSPS) is 10.5. The Morgan fingerprint density at radius 3 is 1.83 bits per heavy atom. The van der Waals surface area contributed by atoms with E-state index in [0.717, 1.165) is 22.3 Å². The maximum Gasteiger partial charge on any atom is 0.193 e. The third-order valence-electron chi connectivity index (χ3n) is 3.72. The fourth-order valence-corrected chi connectivity index (χ4v) is 3.57. The predicted molar refractivity (Wildman–Crippen MR) is 96.4 cm³/mol. The van der Waals surface area contributed by atoms with Gasteiger partial charge in [0.2, 0.25) is 0 Å². The monoisotopic (exact) mass is 318 g/mol. The van der Waals surface area contributed by atoms with Gasteiger partial charge in [0.15, 0.2) is 5.78 Å². The molecule has 0 N–H and O–H groups in total. The molecule has 1 nitrogen and oxygen atoms in total. The summed E-state index contributed by atoms with van der Waals surface area (Å²) in [6.45, 7) is 4.14. The van der Waals surface area contributed by atoms with Gasteiger partial charge in [0.05, 0.1) is 0 Å². The van der Waals surface area contributed by atoms with Crippen LogP contribution >= 0.6 is 11.8 Å². The molecular formula is C21H18OS. The Kier molecular flexibility index (Phi) is 4.63. The van der Waals surface area contributed by atoms with E-state index >= 15 is 0 Å². The van der Waals surface area contributed by atoms with Crippen LogP contribution in [-0.4, -0.2) is 5.78 Å². The van der Waals surface area contributed by atoms with E-state index in [-0.39, 0.29) is 5.78 Å². The number of carbonyl (C=O) groups excluding carboxylic acids is 1. The number of carbonyl (C=O) groups is 1. The summed E-state index contributed by atoms with van der Waals surface area (Å²) in [5, 5.41) is 0. The van der Waals surface area contributed by atoms with E-state index in [0.29, 0.717) is 0 Å².